The number of carbonyl (C=O) groups excluding carboxylic acids is 1. The third kappa shape index (κ3) is 5.10. The second-order valence-corrected chi connectivity index (χ2v) is 7.02. The largest absolute Gasteiger partial charge is 0.489 e. The van der Waals surface area contributed by atoms with Gasteiger partial charge in [-0.2, -0.15) is 5.10 Å². The fraction of sp³-hybridized carbons (Fsp3) is 0.130. The van der Waals surface area contributed by atoms with Gasteiger partial charge in [0, 0.05) is 5.02 Å². The highest BCUT2D eigenvalue weighted by atomic mass is 35.5. The molecule has 1 aliphatic rings. The summed E-state index contributed by atoms with van der Waals surface area (Å²) in [6, 6.07) is 22.1. The predicted octanol–water partition coefficient (Wildman–Crippen LogP) is 4.21. The number of nitrogens with one attached hydrogen (secondary N) is 1. The molecule has 7 heteroatoms. The number of hydrazone groups is 1. The van der Waals surface area contributed by atoms with E-state index in [0.29, 0.717) is 23.1 Å². The van der Waals surface area contributed by atoms with Gasteiger partial charge in [0.2, 0.25) is 6.10 Å². The number of benzene rings is 3. The van der Waals surface area contributed by atoms with Crippen molar-refractivity contribution < 1.29 is 19.0 Å². The Hall–Kier alpha value is -3.51. The minimum Gasteiger partial charge on any atom is -0.489 e. The SMILES string of the molecule is O=C(N/N=C\c1ccc(OCc2cccc(Cl)c2)cc1)[C@@H]1COc2ccccc2O1. The standard InChI is InChI=1S/C23H19ClN2O4/c24-18-5-3-4-17(12-18)14-28-19-10-8-16(9-11-19)13-25-26-23(27)22-15-29-20-6-1-2-7-21(20)30-22/h1-13,22H,14-15H2,(H,26,27)/b25-13-/t22-/m0/s1. The fourth-order valence-corrected chi connectivity index (χ4v) is 3.05. The Morgan fingerprint density at radius 3 is 2.70 bits per heavy atom. The maximum atomic E-state index is 12.2. The van der Waals surface area contributed by atoms with Crippen LogP contribution in [0.4, 0.5) is 0 Å². The van der Waals surface area contributed by atoms with Crippen LogP contribution in [0.1, 0.15) is 11.1 Å². The van der Waals surface area contributed by atoms with Crippen molar-refractivity contribution in [2.45, 2.75) is 12.7 Å². The van der Waals surface area contributed by atoms with Gasteiger partial charge >= 0.3 is 0 Å². The number of halogens is 1. The lowest BCUT2D eigenvalue weighted by Crippen LogP contribution is -2.42. The van der Waals surface area contributed by atoms with Gasteiger partial charge in [-0.15, -0.1) is 0 Å². The van der Waals surface area contributed by atoms with Crippen LogP contribution in [0.15, 0.2) is 77.9 Å². The Morgan fingerprint density at radius 2 is 1.90 bits per heavy atom. The van der Waals surface area contributed by atoms with Crippen molar-refractivity contribution in [1.29, 1.82) is 0 Å². The molecule has 0 aromatic heterocycles. The molecule has 0 saturated carbocycles. The summed E-state index contributed by atoms with van der Waals surface area (Å²) in [4.78, 5) is 12.2. The number of fused-ring (bicyclic) bond motifs is 1. The Labute approximate surface area is 179 Å². The van der Waals surface area contributed by atoms with Gasteiger partial charge in [-0.1, -0.05) is 35.9 Å². The summed E-state index contributed by atoms with van der Waals surface area (Å²) < 4.78 is 16.9. The molecule has 1 atom stereocenters. The number of hydrogen-bond acceptors (Lipinski definition) is 5. The zero-order valence-electron chi connectivity index (χ0n) is 16.0. The predicted molar refractivity (Wildman–Crippen MR) is 114 cm³/mol. The minimum atomic E-state index is -0.751. The van der Waals surface area contributed by atoms with Gasteiger partial charge in [-0.25, -0.2) is 5.43 Å². The van der Waals surface area contributed by atoms with E-state index in [0.717, 1.165) is 16.9 Å². The number of amides is 1. The summed E-state index contributed by atoms with van der Waals surface area (Å²) in [6.07, 6.45) is 0.801. The van der Waals surface area contributed by atoms with E-state index in [1.54, 1.807) is 18.3 Å². The monoisotopic (exact) mass is 422 g/mol. The van der Waals surface area contributed by atoms with E-state index in [-0.39, 0.29) is 12.5 Å². The van der Waals surface area contributed by atoms with Crippen molar-refractivity contribution in [3.05, 3.63) is 88.9 Å². The molecule has 4 rings (SSSR count). The van der Waals surface area contributed by atoms with E-state index in [1.165, 1.54) is 0 Å². The summed E-state index contributed by atoms with van der Waals surface area (Å²) in [5.41, 5.74) is 4.29. The molecule has 30 heavy (non-hydrogen) atoms. The zero-order valence-corrected chi connectivity index (χ0v) is 16.7. The maximum Gasteiger partial charge on any atom is 0.284 e. The molecular weight excluding hydrogens is 404 g/mol. The highest BCUT2D eigenvalue weighted by Gasteiger charge is 2.26. The normalized spacial score (nSPS) is 15.0. The molecule has 1 N–H and O–H groups in total. The van der Waals surface area contributed by atoms with Crippen LogP contribution < -0.4 is 19.6 Å². The highest BCUT2D eigenvalue weighted by Crippen LogP contribution is 2.30. The topological polar surface area (TPSA) is 69.2 Å². The van der Waals surface area contributed by atoms with E-state index in [9.17, 15) is 4.79 Å². The van der Waals surface area contributed by atoms with Crippen molar-refractivity contribution in [3.8, 4) is 17.2 Å². The molecule has 0 radical (unpaired) electrons. The van der Waals surface area contributed by atoms with Crippen molar-refractivity contribution in [3.63, 3.8) is 0 Å². The van der Waals surface area contributed by atoms with Crippen LogP contribution >= 0.6 is 11.6 Å². The van der Waals surface area contributed by atoms with E-state index in [1.807, 2.05) is 60.7 Å². The van der Waals surface area contributed by atoms with Crippen LogP contribution in [0.2, 0.25) is 5.02 Å². The average Bonchev–Trinajstić information content (AvgIpc) is 2.78. The number of hydrogen-bond donors (Lipinski definition) is 1. The summed E-state index contributed by atoms with van der Waals surface area (Å²) >= 11 is 5.98. The van der Waals surface area contributed by atoms with Crippen LogP contribution in [-0.4, -0.2) is 24.8 Å². The number of nitrogens with zero attached hydrogens (tertiary/aromatic N) is 1. The third-order valence-electron chi connectivity index (χ3n) is 4.36. The van der Waals surface area contributed by atoms with Crippen molar-refractivity contribution in [2.24, 2.45) is 5.10 Å². The first-order valence-corrected chi connectivity index (χ1v) is 9.74. The number of rotatable bonds is 6. The Kier molecular flexibility index (Phi) is 6.15. The Balaban J connectivity index is 1.26. The van der Waals surface area contributed by atoms with Crippen LogP contribution in [-0.2, 0) is 11.4 Å². The summed E-state index contributed by atoms with van der Waals surface area (Å²) in [5, 5.41) is 4.67. The van der Waals surface area contributed by atoms with Gasteiger partial charge in [-0.05, 0) is 59.7 Å². The first-order valence-electron chi connectivity index (χ1n) is 9.36. The molecule has 3 aromatic carbocycles. The molecule has 0 bridgehead atoms. The lowest BCUT2D eigenvalue weighted by molar-refractivity contribution is -0.130. The molecule has 3 aromatic rings. The van der Waals surface area contributed by atoms with E-state index in [4.69, 9.17) is 25.8 Å². The minimum absolute atomic E-state index is 0.136. The summed E-state index contributed by atoms with van der Waals surface area (Å²) in [7, 11) is 0. The van der Waals surface area contributed by atoms with Gasteiger partial charge in [0.25, 0.3) is 5.91 Å². The van der Waals surface area contributed by atoms with Gasteiger partial charge in [0.1, 0.15) is 19.0 Å². The molecule has 0 aliphatic carbocycles. The first-order chi connectivity index (χ1) is 14.7. The lowest BCUT2D eigenvalue weighted by Gasteiger charge is -2.24. The average molecular weight is 423 g/mol. The molecule has 0 spiro atoms. The van der Waals surface area contributed by atoms with Gasteiger partial charge < -0.3 is 14.2 Å². The van der Waals surface area contributed by atoms with Crippen molar-refractivity contribution in [1.82, 2.24) is 5.43 Å². The molecule has 152 valence electrons. The molecular formula is C23H19ClN2O4. The van der Waals surface area contributed by atoms with Crippen LogP contribution in [0.25, 0.3) is 0 Å². The molecule has 6 nitrogen and oxygen atoms in total. The third-order valence-corrected chi connectivity index (χ3v) is 4.60. The number of para-hydroxylation sites is 2. The smallest absolute Gasteiger partial charge is 0.284 e. The molecule has 0 fully saturated rings. The van der Waals surface area contributed by atoms with Crippen LogP contribution in [0, 0.1) is 0 Å². The Morgan fingerprint density at radius 1 is 1.10 bits per heavy atom. The Bertz CT molecular complexity index is 1050. The van der Waals surface area contributed by atoms with E-state index >= 15 is 0 Å². The lowest BCUT2D eigenvalue weighted by atomic mass is 10.2. The maximum absolute atomic E-state index is 12.2. The number of ether oxygens (including phenoxy) is 3. The van der Waals surface area contributed by atoms with Gasteiger partial charge in [0.05, 0.1) is 6.21 Å². The quantitative estimate of drug-likeness (QED) is 0.477. The first kappa shape index (κ1) is 19.8. The van der Waals surface area contributed by atoms with E-state index < -0.39 is 6.10 Å². The molecule has 0 unspecified atom stereocenters. The van der Waals surface area contributed by atoms with Gasteiger partial charge in [0.15, 0.2) is 11.5 Å². The van der Waals surface area contributed by atoms with Crippen LogP contribution in [0.5, 0.6) is 17.2 Å². The highest BCUT2D eigenvalue weighted by molar-refractivity contribution is 6.30. The second kappa shape index (κ2) is 9.33. The van der Waals surface area contributed by atoms with Crippen LogP contribution in [0.3, 0.4) is 0 Å². The molecule has 1 aliphatic heterocycles. The van der Waals surface area contributed by atoms with Crippen molar-refractivity contribution in [2.75, 3.05) is 6.61 Å². The van der Waals surface area contributed by atoms with Crippen molar-refractivity contribution >= 4 is 23.7 Å². The summed E-state index contributed by atoms with van der Waals surface area (Å²) in [6.45, 7) is 0.563. The summed E-state index contributed by atoms with van der Waals surface area (Å²) in [5.74, 6) is 1.52. The van der Waals surface area contributed by atoms with E-state index in [2.05, 4.69) is 10.5 Å². The zero-order chi connectivity index (χ0) is 20.8. The second-order valence-electron chi connectivity index (χ2n) is 6.59. The molecule has 1 heterocycles. The van der Waals surface area contributed by atoms with Gasteiger partial charge in [-0.3, -0.25) is 4.79 Å². The fourth-order valence-electron chi connectivity index (χ4n) is 2.83. The molecule has 1 amide bonds. The number of carbonyl (C=O) groups is 1. The molecule has 0 saturated heterocycles.